The van der Waals surface area contributed by atoms with Crippen LogP contribution in [-0.4, -0.2) is 17.0 Å². The molecule has 0 saturated heterocycles. The minimum absolute atomic E-state index is 0.149. The average Bonchev–Trinajstić information content (AvgIpc) is 3.22. The van der Waals surface area contributed by atoms with Crippen LogP contribution in [0.1, 0.15) is 31.8 Å². The first-order valence-electron chi connectivity index (χ1n) is 7.53. The van der Waals surface area contributed by atoms with E-state index < -0.39 is 11.8 Å². The number of nitrogens with one attached hydrogen (secondary N) is 1. The third-order valence-corrected chi connectivity index (χ3v) is 6.40. The lowest BCUT2D eigenvalue weighted by molar-refractivity contribution is -0.116. The van der Waals surface area contributed by atoms with Crippen LogP contribution in [-0.2, 0) is 4.79 Å². The van der Waals surface area contributed by atoms with Gasteiger partial charge in [-0.15, -0.1) is 22.7 Å². The summed E-state index contributed by atoms with van der Waals surface area (Å²) in [5, 5.41) is 14.4. The molecule has 1 aliphatic heterocycles. The lowest BCUT2D eigenvalue weighted by atomic mass is 9.93. The molecule has 0 saturated carbocycles. The molecular weight excluding hydrogens is 361 g/mol. The summed E-state index contributed by atoms with van der Waals surface area (Å²) in [7, 11) is 0. The quantitative estimate of drug-likeness (QED) is 0.694. The van der Waals surface area contributed by atoms with Gasteiger partial charge >= 0.3 is 5.97 Å². The maximum Gasteiger partial charge on any atom is 0.346 e. The summed E-state index contributed by atoms with van der Waals surface area (Å²) in [4.78, 5) is 26.0. The fraction of sp³-hybridized carbons (Fsp3) is 0.111. The van der Waals surface area contributed by atoms with E-state index in [4.69, 9.17) is 0 Å². The highest BCUT2D eigenvalue weighted by atomic mass is 32.1. The molecule has 7 heteroatoms. The number of amides is 1. The number of carbonyl (C=O) groups is 2. The van der Waals surface area contributed by atoms with Crippen molar-refractivity contribution >= 4 is 40.2 Å². The van der Waals surface area contributed by atoms with Crippen LogP contribution in [0.2, 0.25) is 0 Å². The minimum atomic E-state index is -1.06. The molecule has 1 atom stereocenters. The van der Waals surface area contributed by atoms with Crippen LogP contribution in [0.5, 0.6) is 0 Å². The molecule has 1 aliphatic rings. The van der Waals surface area contributed by atoms with Crippen molar-refractivity contribution in [3.8, 4) is 11.1 Å². The Hall–Kier alpha value is -2.51. The Labute approximate surface area is 150 Å². The van der Waals surface area contributed by atoms with Crippen molar-refractivity contribution in [2.75, 3.05) is 5.32 Å². The highest BCUT2D eigenvalue weighted by molar-refractivity contribution is 7.15. The van der Waals surface area contributed by atoms with Crippen LogP contribution < -0.4 is 5.32 Å². The Kier molecular flexibility index (Phi) is 3.89. The number of aromatic carboxylic acids is 1. The topological polar surface area (TPSA) is 66.4 Å². The number of benzene rings is 1. The van der Waals surface area contributed by atoms with Crippen LogP contribution >= 0.6 is 22.7 Å². The van der Waals surface area contributed by atoms with Crippen molar-refractivity contribution in [3.63, 3.8) is 0 Å². The number of thiophene rings is 2. The Balaban J connectivity index is 1.95. The van der Waals surface area contributed by atoms with Gasteiger partial charge in [0.05, 0.1) is 5.69 Å². The average molecular weight is 373 g/mol. The molecule has 4 nitrogen and oxygen atoms in total. The highest BCUT2D eigenvalue weighted by Gasteiger charge is 2.34. The summed E-state index contributed by atoms with van der Waals surface area (Å²) in [5.41, 5.74) is 1.55. The number of anilines is 1. The van der Waals surface area contributed by atoms with Crippen LogP contribution in [0.3, 0.4) is 0 Å². The number of carbonyl (C=O) groups excluding carboxylic acids is 1. The van der Waals surface area contributed by atoms with Crippen LogP contribution in [0.15, 0.2) is 41.8 Å². The van der Waals surface area contributed by atoms with Crippen molar-refractivity contribution in [1.29, 1.82) is 0 Å². The molecule has 0 fully saturated rings. The second-order valence-electron chi connectivity index (χ2n) is 5.68. The summed E-state index contributed by atoms with van der Waals surface area (Å²) in [6.07, 6.45) is 0.288. The van der Waals surface area contributed by atoms with Gasteiger partial charge in [-0.25, -0.2) is 9.18 Å². The third kappa shape index (κ3) is 2.75. The number of hydrogen-bond donors (Lipinski definition) is 2. The van der Waals surface area contributed by atoms with Crippen LogP contribution in [0.25, 0.3) is 11.1 Å². The largest absolute Gasteiger partial charge is 0.477 e. The summed E-state index contributed by atoms with van der Waals surface area (Å²) >= 11 is 2.72. The molecule has 0 aliphatic carbocycles. The van der Waals surface area contributed by atoms with Crippen molar-refractivity contribution in [2.24, 2.45) is 0 Å². The first kappa shape index (κ1) is 16.0. The predicted octanol–water partition coefficient (Wildman–Crippen LogP) is 4.79. The van der Waals surface area contributed by atoms with Gasteiger partial charge in [-0.2, -0.15) is 0 Å². The van der Waals surface area contributed by atoms with E-state index in [1.807, 2.05) is 17.5 Å². The van der Waals surface area contributed by atoms with Crippen molar-refractivity contribution in [2.45, 2.75) is 12.3 Å². The molecule has 2 N–H and O–H groups in total. The fourth-order valence-electron chi connectivity index (χ4n) is 3.05. The first-order chi connectivity index (χ1) is 12.0. The zero-order chi connectivity index (χ0) is 17.6. The minimum Gasteiger partial charge on any atom is -0.477 e. The van der Waals surface area contributed by atoms with Gasteiger partial charge in [0, 0.05) is 27.7 Å². The molecule has 4 rings (SSSR count). The van der Waals surface area contributed by atoms with E-state index in [1.165, 1.54) is 35.6 Å². The molecule has 3 heterocycles. The molecule has 1 amide bonds. The highest BCUT2D eigenvalue weighted by Crippen LogP contribution is 2.50. The van der Waals surface area contributed by atoms with Crippen molar-refractivity contribution < 1.29 is 19.1 Å². The first-order valence-corrected chi connectivity index (χ1v) is 9.23. The van der Waals surface area contributed by atoms with E-state index in [0.29, 0.717) is 16.8 Å². The number of rotatable bonds is 3. The number of fused-ring (bicyclic) bond motifs is 1. The second kappa shape index (κ2) is 6.09. The maximum atomic E-state index is 13.3. The van der Waals surface area contributed by atoms with E-state index in [1.54, 1.807) is 11.3 Å². The molecule has 0 bridgehead atoms. The zero-order valence-corrected chi connectivity index (χ0v) is 14.4. The molecule has 1 aromatic carbocycles. The number of carboxylic acid groups (broad SMARTS) is 1. The standard InChI is InChI=1S/C18H12FNO3S2/c19-10-5-3-9(4-6-10)14-15-16(25-17(14)18(22)23)11(8-13(21)20-15)12-2-1-7-24-12/h1-7,11H,8H2,(H,20,21)(H,22,23)/t11-/m1/s1. The Bertz CT molecular complexity index is 961. The molecule has 3 aromatic rings. The Morgan fingerprint density at radius 2 is 2.00 bits per heavy atom. The Morgan fingerprint density at radius 1 is 1.24 bits per heavy atom. The smallest absolute Gasteiger partial charge is 0.346 e. The fourth-order valence-corrected chi connectivity index (χ4v) is 5.20. The van der Waals surface area contributed by atoms with Crippen molar-refractivity contribution in [1.82, 2.24) is 0 Å². The molecule has 2 aromatic heterocycles. The van der Waals surface area contributed by atoms with E-state index in [2.05, 4.69) is 5.32 Å². The SMILES string of the molecule is O=C1C[C@H](c2cccs2)c2sc(C(=O)O)c(-c3ccc(F)cc3)c2N1. The lowest BCUT2D eigenvalue weighted by Gasteiger charge is -2.22. The summed E-state index contributed by atoms with van der Waals surface area (Å²) < 4.78 is 13.3. The Morgan fingerprint density at radius 3 is 2.64 bits per heavy atom. The molecule has 126 valence electrons. The number of carboxylic acids is 1. The van der Waals surface area contributed by atoms with Gasteiger partial charge in [0.25, 0.3) is 0 Å². The van der Waals surface area contributed by atoms with E-state index in [0.717, 1.165) is 9.75 Å². The predicted molar refractivity (Wildman–Crippen MR) is 96.1 cm³/mol. The van der Waals surface area contributed by atoms with Gasteiger partial charge in [0.2, 0.25) is 5.91 Å². The van der Waals surface area contributed by atoms with Crippen LogP contribution in [0, 0.1) is 5.82 Å². The summed E-state index contributed by atoms with van der Waals surface area (Å²) in [5.74, 6) is -1.76. The van der Waals surface area contributed by atoms with Gasteiger partial charge in [-0.3, -0.25) is 4.79 Å². The van der Waals surface area contributed by atoms with Crippen LogP contribution in [0.4, 0.5) is 10.1 Å². The third-order valence-electron chi connectivity index (χ3n) is 4.12. The van der Waals surface area contributed by atoms with E-state index in [9.17, 15) is 19.1 Å². The molecule has 0 radical (unpaired) electrons. The zero-order valence-electron chi connectivity index (χ0n) is 12.8. The molecule has 25 heavy (non-hydrogen) atoms. The molecular formula is C18H12FNO3S2. The molecule has 0 unspecified atom stereocenters. The molecule has 0 spiro atoms. The normalized spacial score (nSPS) is 16.4. The van der Waals surface area contributed by atoms with Gasteiger partial charge in [-0.1, -0.05) is 18.2 Å². The van der Waals surface area contributed by atoms with Gasteiger partial charge in [0.1, 0.15) is 10.7 Å². The second-order valence-corrected chi connectivity index (χ2v) is 7.71. The number of hydrogen-bond acceptors (Lipinski definition) is 4. The monoisotopic (exact) mass is 373 g/mol. The van der Waals surface area contributed by atoms with Gasteiger partial charge < -0.3 is 10.4 Å². The summed E-state index contributed by atoms with van der Waals surface area (Å²) in [6, 6.07) is 9.50. The number of halogens is 1. The van der Waals surface area contributed by atoms with Gasteiger partial charge in [-0.05, 0) is 29.1 Å². The van der Waals surface area contributed by atoms with Gasteiger partial charge in [0.15, 0.2) is 0 Å². The maximum absolute atomic E-state index is 13.3. The lowest BCUT2D eigenvalue weighted by Crippen LogP contribution is -2.22. The summed E-state index contributed by atoms with van der Waals surface area (Å²) in [6.45, 7) is 0. The van der Waals surface area contributed by atoms with E-state index >= 15 is 0 Å². The van der Waals surface area contributed by atoms with E-state index in [-0.39, 0.29) is 23.1 Å². The van der Waals surface area contributed by atoms with Crippen molar-refractivity contribution in [3.05, 3.63) is 62.2 Å².